The first-order chi connectivity index (χ1) is 7.61. The van der Waals surface area contributed by atoms with Crippen molar-refractivity contribution in [3.05, 3.63) is 33.3 Å². The van der Waals surface area contributed by atoms with Gasteiger partial charge in [-0.25, -0.2) is 4.79 Å². The summed E-state index contributed by atoms with van der Waals surface area (Å²) in [5, 5.41) is 0.928. The molecule has 1 aliphatic heterocycles. The van der Waals surface area contributed by atoms with Gasteiger partial charge in [0, 0.05) is 10.6 Å². The summed E-state index contributed by atoms with van der Waals surface area (Å²) >= 11 is 11.8. The van der Waals surface area contributed by atoms with E-state index in [0.29, 0.717) is 26.9 Å². The second kappa shape index (κ2) is 4.36. The molecule has 1 aromatic rings. The van der Waals surface area contributed by atoms with Crippen LogP contribution in [0.15, 0.2) is 17.7 Å². The van der Waals surface area contributed by atoms with Crippen LogP contribution < -0.4 is 4.74 Å². The van der Waals surface area contributed by atoms with Crippen molar-refractivity contribution in [2.24, 2.45) is 0 Å². The highest BCUT2D eigenvalue weighted by atomic mass is 35.5. The maximum absolute atomic E-state index is 11.3. The number of hydrogen-bond donors (Lipinski definition) is 0. The van der Waals surface area contributed by atoms with Gasteiger partial charge in [-0.3, -0.25) is 0 Å². The molecule has 0 fully saturated rings. The van der Waals surface area contributed by atoms with Crippen molar-refractivity contribution in [3.8, 4) is 5.75 Å². The van der Waals surface area contributed by atoms with Gasteiger partial charge in [-0.1, -0.05) is 23.2 Å². The van der Waals surface area contributed by atoms with Crippen LogP contribution in [0.2, 0.25) is 10.0 Å². The first kappa shape index (κ1) is 11.3. The van der Waals surface area contributed by atoms with Crippen LogP contribution >= 0.6 is 23.2 Å². The molecule has 0 unspecified atom stereocenters. The Morgan fingerprint density at radius 1 is 1.44 bits per heavy atom. The van der Waals surface area contributed by atoms with E-state index in [0.717, 1.165) is 0 Å². The molecular formula is C11H8Cl2O3. The van der Waals surface area contributed by atoms with Crippen molar-refractivity contribution in [1.29, 1.82) is 0 Å². The lowest BCUT2D eigenvalue weighted by atomic mass is 10.1. The average Bonchev–Trinajstić information content (AvgIpc) is 2.27. The van der Waals surface area contributed by atoms with E-state index in [-0.39, 0.29) is 6.61 Å². The van der Waals surface area contributed by atoms with Crippen molar-refractivity contribution >= 4 is 35.2 Å². The number of esters is 1. The third-order valence-electron chi connectivity index (χ3n) is 2.19. The SMILES string of the molecule is COC(=O)C1=Cc2cc(Cl)cc(Cl)c2OC1. The van der Waals surface area contributed by atoms with Crippen LogP contribution in [0.5, 0.6) is 5.75 Å². The summed E-state index contributed by atoms with van der Waals surface area (Å²) in [5.41, 5.74) is 1.12. The van der Waals surface area contributed by atoms with E-state index in [4.69, 9.17) is 27.9 Å². The van der Waals surface area contributed by atoms with Gasteiger partial charge in [0.2, 0.25) is 0 Å². The third-order valence-corrected chi connectivity index (χ3v) is 2.69. The maximum atomic E-state index is 11.3. The Morgan fingerprint density at radius 3 is 2.88 bits per heavy atom. The molecule has 2 rings (SSSR count). The number of halogens is 2. The molecule has 3 nitrogen and oxygen atoms in total. The zero-order valence-corrected chi connectivity index (χ0v) is 9.93. The molecule has 0 amide bonds. The van der Waals surface area contributed by atoms with Gasteiger partial charge in [0.05, 0.1) is 17.7 Å². The number of ether oxygens (including phenoxy) is 2. The van der Waals surface area contributed by atoms with Crippen LogP contribution in [-0.4, -0.2) is 19.7 Å². The van der Waals surface area contributed by atoms with E-state index in [1.807, 2.05) is 0 Å². The van der Waals surface area contributed by atoms with Gasteiger partial charge in [0.1, 0.15) is 12.4 Å². The fraction of sp³-hybridized carbons (Fsp3) is 0.182. The fourth-order valence-corrected chi connectivity index (χ4v) is 2.03. The van der Waals surface area contributed by atoms with Gasteiger partial charge < -0.3 is 9.47 Å². The van der Waals surface area contributed by atoms with Gasteiger partial charge in [0.25, 0.3) is 0 Å². The first-order valence-corrected chi connectivity index (χ1v) is 5.28. The number of carbonyl (C=O) groups is 1. The molecule has 84 valence electrons. The molecule has 0 spiro atoms. The molecule has 1 heterocycles. The molecule has 1 aliphatic rings. The summed E-state index contributed by atoms with van der Waals surface area (Å²) < 4.78 is 10.00. The molecule has 5 heteroatoms. The summed E-state index contributed by atoms with van der Waals surface area (Å²) in [6.45, 7) is 0.154. The highest BCUT2D eigenvalue weighted by Gasteiger charge is 2.20. The quantitative estimate of drug-likeness (QED) is 0.727. The molecule has 0 aromatic heterocycles. The Labute approximate surface area is 103 Å². The topological polar surface area (TPSA) is 35.5 Å². The van der Waals surface area contributed by atoms with Gasteiger partial charge in [-0.05, 0) is 18.2 Å². The van der Waals surface area contributed by atoms with Crippen LogP contribution in [0.4, 0.5) is 0 Å². The minimum atomic E-state index is -0.415. The van der Waals surface area contributed by atoms with Gasteiger partial charge in [0.15, 0.2) is 0 Å². The largest absolute Gasteiger partial charge is 0.486 e. The molecule has 0 N–H and O–H groups in total. The van der Waals surface area contributed by atoms with E-state index in [2.05, 4.69) is 4.74 Å². The molecule has 0 aliphatic carbocycles. The number of hydrogen-bond acceptors (Lipinski definition) is 3. The lowest BCUT2D eigenvalue weighted by Gasteiger charge is -2.17. The highest BCUT2D eigenvalue weighted by molar-refractivity contribution is 6.36. The van der Waals surface area contributed by atoms with Crippen molar-refractivity contribution in [3.63, 3.8) is 0 Å². The lowest BCUT2D eigenvalue weighted by molar-refractivity contribution is -0.136. The number of carbonyl (C=O) groups excluding carboxylic acids is 1. The normalized spacial score (nSPS) is 13.6. The summed E-state index contributed by atoms with van der Waals surface area (Å²) in [6.07, 6.45) is 1.67. The average molecular weight is 259 g/mol. The van der Waals surface area contributed by atoms with E-state index in [9.17, 15) is 4.79 Å². The van der Waals surface area contributed by atoms with Crippen LogP contribution in [0.25, 0.3) is 6.08 Å². The number of benzene rings is 1. The van der Waals surface area contributed by atoms with Crippen molar-refractivity contribution in [2.45, 2.75) is 0 Å². The lowest BCUT2D eigenvalue weighted by Crippen LogP contribution is -2.16. The van der Waals surface area contributed by atoms with E-state index >= 15 is 0 Å². The number of rotatable bonds is 1. The Balaban J connectivity index is 2.47. The van der Waals surface area contributed by atoms with Crippen LogP contribution in [0.3, 0.4) is 0 Å². The zero-order valence-electron chi connectivity index (χ0n) is 8.42. The van der Waals surface area contributed by atoms with E-state index in [1.165, 1.54) is 7.11 Å². The molecule has 0 saturated heterocycles. The van der Waals surface area contributed by atoms with Gasteiger partial charge in [-0.2, -0.15) is 0 Å². The first-order valence-electron chi connectivity index (χ1n) is 4.52. The third kappa shape index (κ3) is 2.01. The van der Waals surface area contributed by atoms with Crippen molar-refractivity contribution in [2.75, 3.05) is 13.7 Å². The molecule has 0 radical (unpaired) electrons. The smallest absolute Gasteiger partial charge is 0.337 e. The van der Waals surface area contributed by atoms with Gasteiger partial charge in [-0.15, -0.1) is 0 Å². The number of methoxy groups -OCH3 is 1. The predicted octanol–water partition coefficient (Wildman–Crippen LogP) is 2.94. The second-order valence-corrected chi connectivity index (χ2v) is 4.10. The molecule has 0 saturated carbocycles. The maximum Gasteiger partial charge on any atom is 0.337 e. The minimum absolute atomic E-state index is 0.154. The Bertz CT molecular complexity index is 480. The van der Waals surface area contributed by atoms with Crippen LogP contribution in [0.1, 0.15) is 5.56 Å². The zero-order chi connectivity index (χ0) is 11.7. The minimum Gasteiger partial charge on any atom is -0.486 e. The summed E-state index contributed by atoms with van der Waals surface area (Å²) in [6, 6.07) is 3.28. The standard InChI is InChI=1S/C11H8Cl2O3/c1-15-11(14)7-2-6-3-8(12)4-9(13)10(6)16-5-7/h2-4H,5H2,1H3. The fourth-order valence-electron chi connectivity index (χ4n) is 1.47. The Hall–Kier alpha value is -1.19. The molecular weight excluding hydrogens is 251 g/mol. The van der Waals surface area contributed by atoms with Crippen molar-refractivity contribution in [1.82, 2.24) is 0 Å². The molecule has 0 atom stereocenters. The summed E-state index contributed by atoms with van der Waals surface area (Å²) in [7, 11) is 1.32. The van der Waals surface area contributed by atoms with Gasteiger partial charge >= 0.3 is 5.97 Å². The van der Waals surface area contributed by atoms with Crippen molar-refractivity contribution < 1.29 is 14.3 Å². The van der Waals surface area contributed by atoms with E-state index < -0.39 is 5.97 Å². The highest BCUT2D eigenvalue weighted by Crippen LogP contribution is 2.36. The van der Waals surface area contributed by atoms with Crippen LogP contribution in [0, 0.1) is 0 Å². The van der Waals surface area contributed by atoms with E-state index in [1.54, 1.807) is 18.2 Å². The monoisotopic (exact) mass is 258 g/mol. The van der Waals surface area contributed by atoms with Crippen LogP contribution in [-0.2, 0) is 9.53 Å². The summed E-state index contributed by atoms with van der Waals surface area (Å²) in [4.78, 5) is 11.3. The summed E-state index contributed by atoms with van der Waals surface area (Å²) in [5.74, 6) is 0.125. The molecule has 1 aromatic carbocycles. The predicted molar refractivity (Wildman–Crippen MR) is 62.0 cm³/mol. The molecule has 0 bridgehead atoms. The number of fused-ring (bicyclic) bond motifs is 1. The Morgan fingerprint density at radius 2 is 2.19 bits per heavy atom. The molecule has 16 heavy (non-hydrogen) atoms. The Kier molecular flexibility index (Phi) is 3.08. The second-order valence-electron chi connectivity index (χ2n) is 3.26.